The lowest BCUT2D eigenvalue weighted by atomic mass is 10.2. The van der Waals surface area contributed by atoms with Crippen LogP contribution in [0.25, 0.3) is 0 Å². The first kappa shape index (κ1) is 8.53. The van der Waals surface area contributed by atoms with E-state index in [0.717, 1.165) is 6.08 Å². The van der Waals surface area contributed by atoms with Crippen LogP contribution in [0.5, 0.6) is 0 Å². The van der Waals surface area contributed by atoms with Crippen LogP contribution >= 0.6 is 0 Å². The van der Waals surface area contributed by atoms with Gasteiger partial charge in [0.2, 0.25) is 5.92 Å². The van der Waals surface area contributed by atoms with Crippen molar-refractivity contribution in [3.05, 3.63) is 12.7 Å². The molecule has 0 saturated carbocycles. The molecule has 0 rings (SSSR count). The predicted octanol–water partition coefficient (Wildman–Crippen LogP) is 2.56. The molecule has 0 aliphatic carbocycles. The number of halogens is 3. The molecule has 0 saturated heterocycles. The van der Waals surface area contributed by atoms with Crippen molar-refractivity contribution in [1.29, 1.82) is 0 Å². The van der Waals surface area contributed by atoms with E-state index in [4.69, 9.17) is 0 Å². The van der Waals surface area contributed by atoms with Gasteiger partial charge in [0.25, 0.3) is 0 Å². The van der Waals surface area contributed by atoms with Crippen molar-refractivity contribution in [2.45, 2.75) is 25.4 Å². The molecule has 3 heteroatoms. The summed E-state index contributed by atoms with van der Waals surface area (Å²) >= 11 is 0. The Kier molecular flexibility index (Phi) is 2.74. The average molecular weight is 138 g/mol. The van der Waals surface area contributed by atoms with Gasteiger partial charge < -0.3 is 0 Å². The zero-order valence-corrected chi connectivity index (χ0v) is 5.20. The van der Waals surface area contributed by atoms with Gasteiger partial charge in [-0.2, -0.15) is 0 Å². The zero-order chi connectivity index (χ0) is 7.49. The highest BCUT2D eigenvalue weighted by Crippen LogP contribution is 2.20. The monoisotopic (exact) mass is 138 g/mol. The third-order valence-electron chi connectivity index (χ3n) is 0.809. The van der Waals surface area contributed by atoms with Gasteiger partial charge in [-0.1, -0.05) is 6.08 Å². The highest BCUT2D eigenvalue weighted by atomic mass is 19.3. The molecular weight excluding hydrogens is 129 g/mol. The summed E-state index contributed by atoms with van der Waals surface area (Å²) in [5.74, 6) is -2.92. The van der Waals surface area contributed by atoms with Crippen LogP contribution in [-0.4, -0.2) is 12.1 Å². The normalized spacial score (nSPS) is 15.1. The summed E-state index contributed by atoms with van der Waals surface area (Å²) in [4.78, 5) is 0. The van der Waals surface area contributed by atoms with Gasteiger partial charge in [-0.3, -0.25) is 0 Å². The van der Waals surface area contributed by atoms with E-state index in [1.807, 2.05) is 0 Å². The van der Waals surface area contributed by atoms with Crippen LogP contribution in [-0.2, 0) is 0 Å². The third kappa shape index (κ3) is 5.40. The number of alkyl halides is 3. The molecule has 0 radical (unpaired) electrons. The second kappa shape index (κ2) is 2.90. The van der Waals surface area contributed by atoms with Crippen LogP contribution in [0.15, 0.2) is 12.7 Å². The molecule has 0 aromatic heterocycles. The summed E-state index contributed by atoms with van der Waals surface area (Å²) in [6.07, 6.45) is -1.49. The van der Waals surface area contributed by atoms with E-state index < -0.39 is 18.5 Å². The number of allylic oxidation sites excluding steroid dienone is 1. The van der Waals surface area contributed by atoms with Gasteiger partial charge in [0, 0.05) is 6.42 Å². The van der Waals surface area contributed by atoms with Crippen LogP contribution in [0.2, 0.25) is 0 Å². The Morgan fingerprint density at radius 3 is 2.22 bits per heavy atom. The van der Waals surface area contributed by atoms with Gasteiger partial charge in [-0.15, -0.1) is 6.58 Å². The number of hydrogen-bond acceptors (Lipinski definition) is 0. The SMILES string of the molecule is C=CC(F)CC(C)(F)F. The van der Waals surface area contributed by atoms with Crippen molar-refractivity contribution in [3.8, 4) is 0 Å². The van der Waals surface area contributed by atoms with Crippen LogP contribution < -0.4 is 0 Å². The highest BCUT2D eigenvalue weighted by Gasteiger charge is 2.24. The molecule has 0 aliphatic heterocycles. The second-order valence-electron chi connectivity index (χ2n) is 2.03. The Hall–Kier alpha value is -0.470. The molecule has 0 bridgehead atoms. The van der Waals surface area contributed by atoms with Crippen molar-refractivity contribution in [1.82, 2.24) is 0 Å². The van der Waals surface area contributed by atoms with Crippen LogP contribution in [0.3, 0.4) is 0 Å². The quantitative estimate of drug-likeness (QED) is 0.526. The maximum Gasteiger partial charge on any atom is 0.248 e. The summed E-state index contributed by atoms with van der Waals surface area (Å²) in [6, 6.07) is 0. The Labute approximate surface area is 52.4 Å². The lowest BCUT2D eigenvalue weighted by Crippen LogP contribution is -2.15. The van der Waals surface area contributed by atoms with E-state index in [0.29, 0.717) is 6.92 Å². The summed E-state index contributed by atoms with van der Waals surface area (Å²) in [5.41, 5.74) is 0. The van der Waals surface area contributed by atoms with Crippen molar-refractivity contribution in [2.75, 3.05) is 0 Å². The average Bonchev–Trinajstić information content (AvgIpc) is 1.62. The summed E-state index contributed by atoms with van der Waals surface area (Å²) in [5, 5.41) is 0. The Morgan fingerprint density at radius 2 is 2.11 bits per heavy atom. The van der Waals surface area contributed by atoms with E-state index in [1.165, 1.54) is 0 Å². The number of rotatable bonds is 3. The second-order valence-corrected chi connectivity index (χ2v) is 2.03. The van der Waals surface area contributed by atoms with E-state index in [9.17, 15) is 13.2 Å². The van der Waals surface area contributed by atoms with Gasteiger partial charge in [-0.05, 0) is 6.92 Å². The zero-order valence-electron chi connectivity index (χ0n) is 5.20. The molecular formula is C6H9F3. The molecule has 0 N–H and O–H groups in total. The first-order valence-electron chi connectivity index (χ1n) is 2.60. The Balaban J connectivity index is 3.59. The smallest absolute Gasteiger partial charge is 0.243 e. The van der Waals surface area contributed by atoms with Crippen LogP contribution in [0, 0.1) is 0 Å². The van der Waals surface area contributed by atoms with E-state index >= 15 is 0 Å². The molecule has 0 aromatic carbocycles. The van der Waals surface area contributed by atoms with Crippen LogP contribution in [0.4, 0.5) is 13.2 Å². The third-order valence-corrected chi connectivity index (χ3v) is 0.809. The molecule has 0 heterocycles. The summed E-state index contributed by atoms with van der Waals surface area (Å²) in [6.45, 7) is 3.72. The topological polar surface area (TPSA) is 0 Å². The predicted molar refractivity (Wildman–Crippen MR) is 30.3 cm³/mol. The van der Waals surface area contributed by atoms with E-state index in [-0.39, 0.29) is 0 Å². The molecule has 54 valence electrons. The fraction of sp³-hybridized carbons (Fsp3) is 0.667. The van der Waals surface area contributed by atoms with Crippen molar-refractivity contribution >= 4 is 0 Å². The first-order chi connectivity index (χ1) is 3.95. The molecule has 0 aromatic rings. The Morgan fingerprint density at radius 1 is 1.67 bits per heavy atom. The molecule has 0 fully saturated rings. The fourth-order valence-corrected chi connectivity index (χ4v) is 0.426. The van der Waals surface area contributed by atoms with Gasteiger partial charge in [0.05, 0.1) is 0 Å². The molecule has 1 atom stereocenters. The lowest BCUT2D eigenvalue weighted by Gasteiger charge is -2.09. The Bertz CT molecular complexity index is 93.0. The minimum atomic E-state index is -2.92. The van der Waals surface area contributed by atoms with Crippen molar-refractivity contribution in [2.24, 2.45) is 0 Å². The minimum Gasteiger partial charge on any atom is -0.243 e. The van der Waals surface area contributed by atoms with Crippen molar-refractivity contribution < 1.29 is 13.2 Å². The molecule has 9 heavy (non-hydrogen) atoms. The minimum absolute atomic E-state index is 0.684. The molecule has 0 amide bonds. The maximum atomic E-state index is 12.0. The summed E-state index contributed by atoms with van der Waals surface area (Å²) in [7, 11) is 0. The van der Waals surface area contributed by atoms with Gasteiger partial charge in [0.1, 0.15) is 6.17 Å². The van der Waals surface area contributed by atoms with Crippen molar-refractivity contribution in [3.63, 3.8) is 0 Å². The first-order valence-corrected chi connectivity index (χ1v) is 2.60. The molecule has 0 spiro atoms. The summed E-state index contributed by atoms with van der Waals surface area (Å²) < 4.78 is 35.8. The largest absolute Gasteiger partial charge is 0.248 e. The molecule has 0 aliphatic rings. The standard InChI is InChI=1S/C6H9F3/c1-3-5(7)4-6(2,8)9/h3,5H,1,4H2,2H3. The maximum absolute atomic E-state index is 12.0. The van der Waals surface area contributed by atoms with Crippen LogP contribution in [0.1, 0.15) is 13.3 Å². The van der Waals surface area contributed by atoms with Gasteiger partial charge in [-0.25, -0.2) is 13.2 Å². The van der Waals surface area contributed by atoms with Gasteiger partial charge in [0.15, 0.2) is 0 Å². The van der Waals surface area contributed by atoms with E-state index in [2.05, 4.69) is 6.58 Å². The van der Waals surface area contributed by atoms with E-state index in [1.54, 1.807) is 0 Å². The molecule has 1 unspecified atom stereocenters. The van der Waals surface area contributed by atoms with Gasteiger partial charge >= 0.3 is 0 Å². The highest BCUT2D eigenvalue weighted by molar-refractivity contribution is 4.81. The lowest BCUT2D eigenvalue weighted by molar-refractivity contribution is -0.00243. The fourth-order valence-electron chi connectivity index (χ4n) is 0.426. The number of hydrogen-bond donors (Lipinski definition) is 0. The molecule has 0 nitrogen and oxygen atoms in total.